The largest absolute Gasteiger partial charge is 0.325 e. The molecular weight excluding hydrogens is 356 g/mol. The number of nitrogens with one attached hydrogen (secondary N) is 1. The van der Waals surface area contributed by atoms with Crippen molar-refractivity contribution < 1.29 is 4.79 Å². The topological polar surface area (TPSA) is 48.5 Å². The van der Waals surface area contributed by atoms with E-state index in [0.717, 1.165) is 43.9 Å². The minimum absolute atomic E-state index is 0.0541. The van der Waals surface area contributed by atoms with E-state index in [0.29, 0.717) is 6.54 Å². The Balaban J connectivity index is 1.24. The molecule has 3 aromatic rings. The number of hydrogen-bond acceptors (Lipinski definition) is 5. The van der Waals surface area contributed by atoms with Gasteiger partial charge in [-0.3, -0.25) is 14.6 Å². The standard InChI is InChI=1S/C21H24N4OS/c1-16-6-8-17(9-7-16)22-20(26)14-24-10-12-25(13-11-24)15-21-23-18-4-2-3-5-19(18)27-21/h2-9H,10-15H2,1H3,(H,22,26). The van der Waals surface area contributed by atoms with E-state index in [-0.39, 0.29) is 5.91 Å². The van der Waals surface area contributed by atoms with E-state index >= 15 is 0 Å². The summed E-state index contributed by atoms with van der Waals surface area (Å²) in [6, 6.07) is 16.2. The maximum atomic E-state index is 12.3. The van der Waals surface area contributed by atoms with Gasteiger partial charge >= 0.3 is 0 Å². The lowest BCUT2D eigenvalue weighted by Gasteiger charge is -2.33. The highest BCUT2D eigenvalue weighted by atomic mass is 32.1. The van der Waals surface area contributed by atoms with Gasteiger partial charge in [0.2, 0.25) is 5.91 Å². The first kappa shape index (κ1) is 18.1. The second-order valence-corrected chi connectivity index (χ2v) is 8.16. The highest BCUT2D eigenvalue weighted by Crippen LogP contribution is 2.23. The predicted octanol–water partition coefficient (Wildman–Crippen LogP) is 3.36. The third kappa shape index (κ3) is 4.71. The number of carbonyl (C=O) groups excluding carboxylic acids is 1. The van der Waals surface area contributed by atoms with Crippen molar-refractivity contribution in [3.8, 4) is 0 Å². The normalized spacial score (nSPS) is 15.9. The SMILES string of the molecule is Cc1ccc(NC(=O)CN2CCN(Cc3nc4ccccc4s3)CC2)cc1. The van der Waals surface area contributed by atoms with Crippen LogP contribution in [-0.4, -0.2) is 53.4 Å². The zero-order valence-corrected chi connectivity index (χ0v) is 16.3. The Labute approximate surface area is 163 Å². The van der Waals surface area contributed by atoms with Crippen LogP contribution in [0.4, 0.5) is 5.69 Å². The van der Waals surface area contributed by atoms with Gasteiger partial charge in [0.25, 0.3) is 0 Å². The van der Waals surface area contributed by atoms with Crippen LogP contribution in [0.5, 0.6) is 0 Å². The number of thiazole rings is 1. The number of rotatable bonds is 5. The molecule has 2 aromatic carbocycles. The van der Waals surface area contributed by atoms with Crippen LogP contribution in [-0.2, 0) is 11.3 Å². The molecule has 1 amide bonds. The summed E-state index contributed by atoms with van der Waals surface area (Å²) in [6.07, 6.45) is 0. The van der Waals surface area contributed by atoms with Crippen LogP contribution in [0.1, 0.15) is 10.6 Å². The monoisotopic (exact) mass is 380 g/mol. The number of anilines is 1. The van der Waals surface area contributed by atoms with Gasteiger partial charge in [0, 0.05) is 31.9 Å². The lowest BCUT2D eigenvalue weighted by molar-refractivity contribution is -0.117. The summed E-state index contributed by atoms with van der Waals surface area (Å²) < 4.78 is 1.25. The number of aromatic nitrogens is 1. The Morgan fingerprint density at radius 2 is 1.74 bits per heavy atom. The van der Waals surface area contributed by atoms with E-state index in [4.69, 9.17) is 4.98 Å². The Kier molecular flexibility index (Phi) is 5.48. The molecule has 0 radical (unpaired) electrons. The molecule has 0 atom stereocenters. The second-order valence-electron chi connectivity index (χ2n) is 7.04. The van der Waals surface area contributed by atoms with E-state index in [1.54, 1.807) is 11.3 Å². The Morgan fingerprint density at radius 1 is 1.04 bits per heavy atom. The fourth-order valence-corrected chi connectivity index (χ4v) is 4.33. The first-order chi connectivity index (χ1) is 13.2. The maximum Gasteiger partial charge on any atom is 0.238 e. The molecule has 27 heavy (non-hydrogen) atoms. The molecular formula is C21H24N4OS. The van der Waals surface area contributed by atoms with Crippen molar-refractivity contribution >= 4 is 33.1 Å². The molecule has 1 aromatic heterocycles. The summed E-state index contributed by atoms with van der Waals surface area (Å²) in [5.41, 5.74) is 3.14. The fourth-order valence-electron chi connectivity index (χ4n) is 3.32. The van der Waals surface area contributed by atoms with Gasteiger partial charge in [-0.1, -0.05) is 29.8 Å². The van der Waals surface area contributed by atoms with Crippen molar-refractivity contribution in [2.45, 2.75) is 13.5 Å². The molecule has 0 saturated carbocycles. The summed E-state index contributed by atoms with van der Waals surface area (Å²) in [4.78, 5) is 21.6. The number of benzene rings is 2. The molecule has 1 aliphatic heterocycles. The van der Waals surface area contributed by atoms with Gasteiger partial charge in [-0.15, -0.1) is 11.3 Å². The second kappa shape index (κ2) is 8.17. The molecule has 1 aliphatic rings. The number of para-hydroxylation sites is 1. The Bertz CT molecular complexity index is 880. The maximum absolute atomic E-state index is 12.3. The summed E-state index contributed by atoms with van der Waals surface area (Å²) in [5.74, 6) is 0.0541. The van der Waals surface area contributed by atoms with Crippen LogP contribution in [0.15, 0.2) is 48.5 Å². The zero-order valence-electron chi connectivity index (χ0n) is 15.5. The number of aryl methyl sites for hydroxylation is 1. The number of hydrogen-bond donors (Lipinski definition) is 1. The lowest BCUT2D eigenvalue weighted by Crippen LogP contribution is -2.48. The average molecular weight is 381 g/mol. The molecule has 5 nitrogen and oxygen atoms in total. The molecule has 4 rings (SSSR count). The van der Waals surface area contributed by atoms with Crippen LogP contribution < -0.4 is 5.32 Å². The van der Waals surface area contributed by atoms with Gasteiger partial charge in [0.1, 0.15) is 5.01 Å². The van der Waals surface area contributed by atoms with Gasteiger partial charge in [-0.2, -0.15) is 0 Å². The van der Waals surface area contributed by atoms with Crippen molar-refractivity contribution in [3.63, 3.8) is 0 Å². The molecule has 0 unspecified atom stereocenters. The van der Waals surface area contributed by atoms with E-state index in [1.165, 1.54) is 15.3 Å². The summed E-state index contributed by atoms with van der Waals surface area (Å²) in [6.45, 7) is 7.13. The number of amides is 1. The van der Waals surface area contributed by atoms with Crippen LogP contribution in [0, 0.1) is 6.92 Å². The minimum atomic E-state index is 0.0541. The van der Waals surface area contributed by atoms with Crippen LogP contribution in [0.3, 0.4) is 0 Å². The molecule has 0 spiro atoms. The summed E-state index contributed by atoms with van der Waals surface area (Å²) in [5, 5.41) is 4.15. The average Bonchev–Trinajstić information content (AvgIpc) is 3.07. The molecule has 0 bridgehead atoms. The highest BCUT2D eigenvalue weighted by Gasteiger charge is 2.20. The third-order valence-electron chi connectivity index (χ3n) is 4.86. The molecule has 0 aliphatic carbocycles. The first-order valence-electron chi connectivity index (χ1n) is 9.31. The zero-order chi connectivity index (χ0) is 18.6. The van der Waals surface area contributed by atoms with Crippen molar-refractivity contribution in [2.24, 2.45) is 0 Å². The van der Waals surface area contributed by atoms with Gasteiger partial charge in [-0.05, 0) is 31.2 Å². The number of carbonyl (C=O) groups is 1. The fraction of sp³-hybridized carbons (Fsp3) is 0.333. The van der Waals surface area contributed by atoms with Crippen molar-refractivity contribution in [1.29, 1.82) is 0 Å². The lowest BCUT2D eigenvalue weighted by atomic mass is 10.2. The van der Waals surface area contributed by atoms with E-state index in [9.17, 15) is 4.79 Å². The van der Waals surface area contributed by atoms with E-state index in [1.807, 2.05) is 37.3 Å². The van der Waals surface area contributed by atoms with Crippen molar-refractivity contribution in [2.75, 3.05) is 38.0 Å². The van der Waals surface area contributed by atoms with E-state index < -0.39 is 0 Å². The molecule has 1 N–H and O–H groups in total. The molecule has 1 saturated heterocycles. The third-order valence-corrected chi connectivity index (χ3v) is 5.89. The van der Waals surface area contributed by atoms with Crippen LogP contribution in [0.2, 0.25) is 0 Å². The van der Waals surface area contributed by atoms with Gasteiger partial charge in [0.15, 0.2) is 0 Å². The van der Waals surface area contributed by atoms with Gasteiger partial charge in [0.05, 0.1) is 23.3 Å². The minimum Gasteiger partial charge on any atom is -0.325 e. The molecule has 6 heteroatoms. The predicted molar refractivity (Wildman–Crippen MR) is 111 cm³/mol. The van der Waals surface area contributed by atoms with Crippen molar-refractivity contribution in [3.05, 3.63) is 59.1 Å². The number of nitrogens with zero attached hydrogens (tertiary/aromatic N) is 3. The summed E-state index contributed by atoms with van der Waals surface area (Å²) >= 11 is 1.77. The number of fused-ring (bicyclic) bond motifs is 1. The van der Waals surface area contributed by atoms with Gasteiger partial charge in [-0.25, -0.2) is 4.98 Å². The Morgan fingerprint density at radius 3 is 2.48 bits per heavy atom. The van der Waals surface area contributed by atoms with Crippen LogP contribution >= 0.6 is 11.3 Å². The number of piperazine rings is 1. The molecule has 1 fully saturated rings. The molecule has 140 valence electrons. The first-order valence-corrected chi connectivity index (χ1v) is 10.1. The summed E-state index contributed by atoms with van der Waals surface area (Å²) in [7, 11) is 0. The molecule has 2 heterocycles. The smallest absolute Gasteiger partial charge is 0.238 e. The quantitative estimate of drug-likeness (QED) is 0.737. The van der Waals surface area contributed by atoms with E-state index in [2.05, 4.69) is 33.3 Å². The Hall–Kier alpha value is -2.28. The van der Waals surface area contributed by atoms with Crippen LogP contribution in [0.25, 0.3) is 10.2 Å². The highest BCUT2D eigenvalue weighted by molar-refractivity contribution is 7.18. The van der Waals surface area contributed by atoms with Crippen molar-refractivity contribution in [1.82, 2.24) is 14.8 Å². The van der Waals surface area contributed by atoms with Gasteiger partial charge < -0.3 is 5.32 Å².